The SMILES string of the molecule is COc1ccc(C=NNC(=O)CNC(=O)c2ccccc2C)cc1. The number of carbonyl (C=O) groups is 2. The van der Waals surface area contributed by atoms with E-state index in [1.165, 1.54) is 6.21 Å². The molecule has 0 saturated heterocycles. The lowest BCUT2D eigenvalue weighted by molar-refractivity contribution is -0.120. The first-order chi connectivity index (χ1) is 11.6. The van der Waals surface area contributed by atoms with Gasteiger partial charge in [-0.25, -0.2) is 5.43 Å². The van der Waals surface area contributed by atoms with Crippen LogP contribution in [0.15, 0.2) is 53.6 Å². The van der Waals surface area contributed by atoms with Crippen LogP contribution in [0.25, 0.3) is 0 Å². The topological polar surface area (TPSA) is 79.8 Å². The fourth-order valence-electron chi connectivity index (χ4n) is 1.99. The average Bonchev–Trinajstić information content (AvgIpc) is 2.60. The lowest BCUT2D eigenvalue weighted by Crippen LogP contribution is -2.35. The molecule has 6 heteroatoms. The zero-order chi connectivity index (χ0) is 17.4. The van der Waals surface area contributed by atoms with Crippen LogP contribution < -0.4 is 15.5 Å². The Kier molecular flexibility index (Phi) is 6.08. The maximum atomic E-state index is 12.0. The van der Waals surface area contributed by atoms with Crippen molar-refractivity contribution in [2.45, 2.75) is 6.92 Å². The van der Waals surface area contributed by atoms with Crippen molar-refractivity contribution >= 4 is 18.0 Å². The minimum absolute atomic E-state index is 0.146. The van der Waals surface area contributed by atoms with Crippen molar-refractivity contribution in [1.29, 1.82) is 0 Å². The molecule has 2 amide bonds. The van der Waals surface area contributed by atoms with Gasteiger partial charge in [-0.1, -0.05) is 18.2 Å². The van der Waals surface area contributed by atoms with Crippen LogP contribution in [0.1, 0.15) is 21.5 Å². The van der Waals surface area contributed by atoms with Crippen LogP contribution in [0.4, 0.5) is 0 Å². The second-order valence-corrected chi connectivity index (χ2v) is 5.06. The molecule has 0 heterocycles. The van der Waals surface area contributed by atoms with E-state index in [2.05, 4.69) is 15.8 Å². The Balaban J connectivity index is 1.79. The van der Waals surface area contributed by atoms with E-state index < -0.39 is 5.91 Å². The fourth-order valence-corrected chi connectivity index (χ4v) is 1.99. The Hall–Kier alpha value is -3.15. The van der Waals surface area contributed by atoms with E-state index in [1.54, 1.807) is 31.4 Å². The third kappa shape index (κ3) is 4.95. The summed E-state index contributed by atoms with van der Waals surface area (Å²) in [5.41, 5.74) is 4.59. The highest BCUT2D eigenvalue weighted by atomic mass is 16.5. The molecule has 124 valence electrons. The summed E-state index contributed by atoms with van der Waals surface area (Å²) < 4.78 is 5.06. The van der Waals surface area contributed by atoms with Gasteiger partial charge in [0.15, 0.2) is 0 Å². The molecule has 2 aromatic rings. The van der Waals surface area contributed by atoms with Crippen LogP contribution in [0.5, 0.6) is 5.75 Å². The van der Waals surface area contributed by atoms with Gasteiger partial charge in [-0.05, 0) is 48.4 Å². The van der Waals surface area contributed by atoms with Gasteiger partial charge in [-0.2, -0.15) is 5.10 Å². The summed E-state index contributed by atoms with van der Waals surface area (Å²) in [7, 11) is 1.59. The first kappa shape index (κ1) is 17.2. The molecule has 2 N–H and O–H groups in total. The molecular weight excluding hydrogens is 306 g/mol. The van der Waals surface area contributed by atoms with Gasteiger partial charge in [-0.15, -0.1) is 0 Å². The highest BCUT2D eigenvalue weighted by molar-refractivity contribution is 5.97. The van der Waals surface area contributed by atoms with Crippen molar-refractivity contribution in [3.05, 3.63) is 65.2 Å². The van der Waals surface area contributed by atoms with E-state index in [-0.39, 0.29) is 12.5 Å². The maximum Gasteiger partial charge on any atom is 0.259 e. The van der Waals surface area contributed by atoms with E-state index >= 15 is 0 Å². The molecule has 0 aromatic heterocycles. The number of amides is 2. The lowest BCUT2D eigenvalue weighted by atomic mass is 10.1. The number of rotatable bonds is 6. The molecule has 0 aliphatic carbocycles. The van der Waals surface area contributed by atoms with Gasteiger partial charge in [0.25, 0.3) is 11.8 Å². The Morgan fingerprint density at radius 2 is 1.83 bits per heavy atom. The van der Waals surface area contributed by atoms with Gasteiger partial charge in [0, 0.05) is 5.56 Å². The van der Waals surface area contributed by atoms with Crippen molar-refractivity contribution in [2.24, 2.45) is 5.10 Å². The third-order valence-electron chi connectivity index (χ3n) is 3.32. The molecular formula is C18H19N3O3. The monoisotopic (exact) mass is 325 g/mol. The quantitative estimate of drug-likeness (QED) is 0.629. The number of methoxy groups -OCH3 is 1. The smallest absolute Gasteiger partial charge is 0.259 e. The average molecular weight is 325 g/mol. The summed E-state index contributed by atoms with van der Waals surface area (Å²) in [6.07, 6.45) is 1.51. The van der Waals surface area contributed by atoms with Crippen LogP contribution in [-0.4, -0.2) is 31.7 Å². The number of aryl methyl sites for hydroxylation is 1. The predicted molar refractivity (Wildman–Crippen MR) is 92.2 cm³/mol. The van der Waals surface area contributed by atoms with Crippen molar-refractivity contribution in [1.82, 2.24) is 10.7 Å². The van der Waals surface area contributed by atoms with Gasteiger partial charge in [-0.3, -0.25) is 9.59 Å². The molecule has 0 fully saturated rings. The highest BCUT2D eigenvalue weighted by Crippen LogP contribution is 2.09. The molecule has 0 saturated carbocycles. The number of nitrogens with zero attached hydrogens (tertiary/aromatic N) is 1. The lowest BCUT2D eigenvalue weighted by Gasteiger charge is -2.06. The number of carbonyl (C=O) groups excluding carboxylic acids is 2. The Bertz CT molecular complexity index is 739. The summed E-state index contributed by atoms with van der Waals surface area (Å²) in [4.78, 5) is 23.7. The minimum Gasteiger partial charge on any atom is -0.497 e. The molecule has 0 radical (unpaired) electrons. The molecule has 2 rings (SSSR count). The standard InChI is InChI=1S/C18H19N3O3/c1-13-5-3-4-6-16(13)18(23)19-12-17(22)21-20-11-14-7-9-15(24-2)10-8-14/h3-11H,12H2,1-2H3,(H,19,23)(H,21,22). The van der Waals surface area contributed by atoms with E-state index in [1.807, 2.05) is 31.2 Å². The zero-order valence-corrected chi connectivity index (χ0v) is 13.6. The number of ether oxygens (including phenoxy) is 1. The van der Waals surface area contributed by atoms with Gasteiger partial charge < -0.3 is 10.1 Å². The largest absolute Gasteiger partial charge is 0.497 e. The second-order valence-electron chi connectivity index (χ2n) is 5.06. The molecule has 0 unspecified atom stereocenters. The molecule has 0 spiro atoms. The first-order valence-corrected chi connectivity index (χ1v) is 7.40. The predicted octanol–water partition coefficient (Wildman–Crippen LogP) is 1.88. The van der Waals surface area contributed by atoms with E-state index in [4.69, 9.17) is 4.74 Å². The zero-order valence-electron chi connectivity index (χ0n) is 13.6. The number of benzene rings is 2. The van der Waals surface area contributed by atoms with Gasteiger partial charge in [0.05, 0.1) is 19.9 Å². The van der Waals surface area contributed by atoms with E-state index in [9.17, 15) is 9.59 Å². The molecule has 24 heavy (non-hydrogen) atoms. The van der Waals surface area contributed by atoms with Gasteiger partial charge in [0.2, 0.25) is 0 Å². The third-order valence-corrected chi connectivity index (χ3v) is 3.32. The molecule has 0 aliphatic heterocycles. The van der Waals surface area contributed by atoms with Crippen LogP contribution in [0.3, 0.4) is 0 Å². The second kappa shape index (κ2) is 8.47. The number of hydrogen-bond acceptors (Lipinski definition) is 4. The highest BCUT2D eigenvalue weighted by Gasteiger charge is 2.09. The minimum atomic E-state index is -0.401. The Labute approximate surface area is 140 Å². The summed E-state index contributed by atoms with van der Waals surface area (Å²) >= 11 is 0. The summed E-state index contributed by atoms with van der Waals surface area (Å²) in [5.74, 6) is 0.0548. The van der Waals surface area contributed by atoms with E-state index in [0.717, 1.165) is 16.9 Å². The van der Waals surface area contributed by atoms with Crippen LogP contribution in [-0.2, 0) is 4.79 Å². The normalized spacial score (nSPS) is 10.4. The first-order valence-electron chi connectivity index (χ1n) is 7.40. The van der Waals surface area contributed by atoms with Crippen LogP contribution in [0, 0.1) is 6.92 Å². The number of hydrogen-bond donors (Lipinski definition) is 2. The number of nitrogens with one attached hydrogen (secondary N) is 2. The van der Waals surface area contributed by atoms with Gasteiger partial charge >= 0.3 is 0 Å². The van der Waals surface area contributed by atoms with Crippen molar-refractivity contribution in [2.75, 3.05) is 13.7 Å². The van der Waals surface area contributed by atoms with Crippen molar-refractivity contribution < 1.29 is 14.3 Å². The Morgan fingerprint density at radius 1 is 1.12 bits per heavy atom. The summed E-state index contributed by atoms with van der Waals surface area (Å²) in [6, 6.07) is 14.4. The molecule has 0 aliphatic rings. The van der Waals surface area contributed by atoms with Crippen LogP contribution >= 0.6 is 0 Å². The van der Waals surface area contributed by atoms with Gasteiger partial charge in [0.1, 0.15) is 5.75 Å². The summed E-state index contributed by atoms with van der Waals surface area (Å²) in [6.45, 7) is 1.70. The van der Waals surface area contributed by atoms with E-state index in [0.29, 0.717) is 5.56 Å². The summed E-state index contributed by atoms with van der Waals surface area (Å²) in [5, 5.41) is 6.41. The molecule has 6 nitrogen and oxygen atoms in total. The number of hydrazone groups is 1. The van der Waals surface area contributed by atoms with Crippen molar-refractivity contribution in [3.63, 3.8) is 0 Å². The molecule has 2 aromatic carbocycles. The Morgan fingerprint density at radius 3 is 2.50 bits per heavy atom. The fraction of sp³-hybridized carbons (Fsp3) is 0.167. The maximum absolute atomic E-state index is 12.0. The van der Waals surface area contributed by atoms with Crippen LogP contribution in [0.2, 0.25) is 0 Å². The van der Waals surface area contributed by atoms with Crippen molar-refractivity contribution in [3.8, 4) is 5.75 Å². The molecule has 0 atom stereocenters. The molecule has 0 bridgehead atoms.